The molecule has 0 radical (unpaired) electrons. The molecule has 0 bridgehead atoms. The lowest BCUT2D eigenvalue weighted by Gasteiger charge is -2.20. The van der Waals surface area contributed by atoms with E-state index >= 15 is 0 Å². The fourth-order valence-corrected chi connectivity index (χ4v) is 3.29. The molecule has 1 fully saturated rings. The molecule has 1 unspecified atom stereocenters. The van der Waals surface area contributed by atoms with Crippen LogP contribution in [0, 0.1) is 6.92 Å². The van der Waals surface area contributed by atoms with Crippen molar-refractivity contribution in [3.63, 3.8) is 0 Å². The molecule has 25 heavy (non-hydrogen) atoms. The number of hydrogen-bond acceptors (Lipinski definition) is 3. The Morgan fingerprint density at radius 2 is 2.08 bits per heavy atom. The third-order valence-electron chi connectivity index (χ3n) is 4.33. The highest BCUT2D eigenvalue weighted by Crippen LogP contribution is 2.22. The van der Waals surface area contributed by atoms with Crippen LogP contribution in [-0.4, -0.2) is 37.1 Å². The molecule has 1 saturated heterocycles. The highest BCUT2D eigenvalue weighted by molar-refractivity contribution is 9.10. The van der Waals surface area contributed by atoms with Gasteiger partial charge in [-0.1, -0.05) is 22.0 Å². The minimum atomic E-state index is 0.389. The summed E-state index contributed by atoms with van der Waals surface area (Å²) in [7, 11) is 1.81. The van der Waals surface area contributed by atoms with Gasteiger partial charge in [-0.25, -0.2) is 0 Å². The van der Waals surface area contributed by atoms with Crippen LogP contribution >= 0.6 is 15.9 Å². The van der Waals surface area contributed by atoms with E-state index < -0.39 is 0 Å². The Hall–Kier alpha value is -2.08. The first-order valence-corrected chi connectivity index (χ1v) is 9.33. The molecule has 0 aliphatic carbocycles. The number of benzene rings is 1. The van der Waals surface area contributed by atoms with Gasteiger partial charge in [0.2, 0.25) is 0 Å². The smallest absolute Gasteiger partial charge is 0.191 e. The quantitative estimate of drug-likeness (QED) is 0.610. The van der Waals surface area contributed by atoms with E-state index in [0.29, 0.717) is 12.6 Å². The number of rotatable bonds is 4. The Morgan fingerprint density at radius 3 is 2.80 bits per heavy atom. The SMILES string of the molecule is CN=C(NCc1cccc(C)n1)NC1CCN(c2ccc(Br)cc2)C1. The largest absolute Gasteiger partial charge is 0.369 e. The molecule has 2 aromatic rings. The molecule has 0 spiro atoms. The number of guanidine groups is 1. The van der Waals surface area contributed by atoms with E-state index in [1.165, 1.54) is 5.69 Å². The average Bonchev–Trinajstić information content (AvgIpc) is 3.08. The van der Waals surface area contributed by atoms with Crippen molar-refractivity contribution in [1.82, 2.24) is 15.6 Å². The lowest BCUT2D eigenvalue weighted by Crippen LogP contribution is -2.44. The van der Waals surface area contributed by atoms with Crippen LogP contribution in [0.4, 0.5) is 5.69 Å². The summed E-state index contributed by atoms with van der Waals surface area (Å²) in [6, 6.07) is 14.9. The van der Waals surface area contributed by atoms with Crippen LogP contribution in [0.5, 0.6) is 0 Å². The van der Waals surface area contributed by atoms with Gasteiger partial charge in [0, 0.05) is 42.0 Å². The number of aromatic nitrogens is 1. The third kappa shape index (κ3) is 4.95. The van der Waals surface area contributed by atoms with Crippen molar-refractivity contribution in [2.24, 2.45) is 4.99 Å². The summed E-state index contributed by atoms with van der Waals surface area (Å²) in [6.45, 7) is 4.71. The van der Waals surface area contributed by atoms with Gasteiger partial charge >= 0.3 is 0 Å². The Labute approximate surface area is 157 Å². The molecule has 1 atom stereocenters. The fraction of sp³-hybridized carbons (Fsp3) is 0.368. The number of hydrogen-bond donors (Lipinski definition) is 2. The molecule has 1 aromatic carbocycles. The lowest BCUT2D eigenvalue weighted by atomic mass is 10.2. The minimum absolute atomic E-state index is 0.389. The first-order chi connectivity index (χ1) is 12.1. The van der Waals surface area contributed by atoms with Crippen molar-refractivity contribution < 1.29 is 0 Å². The van der Waals surface area contributed by atoms with Gasteiger partial charge in [0.25, 0.3) is 0 Å². The molecule has 1 aliphatic heterocycles. The van der Waals surface area contributed by atoms with Crippen molar-refractivity contribution in [3.8, 4) is 0 Å². The van der Waals surface area contributed by atoms with Crippen LogP contribution < -0.4 is 15.5 Å². The van der Waals surface area contributed by atoms with Gasteiger partial charge in [0.05, 0.1) is 12.2 Å². The first kappa shape index (κ1) is 17.7. The van der Waals surface area contributed by atoms with Crippen LogP contribution in [0.3, 0.4) is 0 Å². The van der Waals surface area contributed by atoms with E-state index in [0.717, 1.165) is 41.3 Å². The van der Waals surface area contributed by atoms with Gasteiger partial charge in [-0.2, -0.15) is 0 Å². The number of nitrogens with one attached hydrogen (secondary N) is 2. The molecule has 2 heterocycles. The predicted molar refractivity (Wildman–Crippen MR) is 107 cm³/mol. The second kappa shape index (κ2) is 8.34. The number of aliphatic imine (C=N–C) groups is 1. The van der Waals surface area contributed by atoms with Crippen molar-refractivity contribution >= 4 is 27.6 Å². The summed E-state index contributed by atoms with van der Waals surface area (Å²) in [4.78, 5) is 11.3. The van der Waals surface area contributed by atoms with E-state index in [4.69, 9.17) is 0 Å². The molecule has 0 amide bonds. The van der Waals surface area contributed by atoms with Crippen LogP contribution in [0.2, 0.25) is 0 Å². The molecule has 1 aromatic heterocycles. The van der Waals surface area contributed by atoms with E-state index in [-0.39, 0.29) is 0 Å². The number of nitrogens with zero attached hydrogens (tertiary/aromatic N) is 3. The number of anilines is 1. The summed E-state index contributed by atoms with van der Waals surface area (Å²) in [5.74, 6) is 0.825. The van der Waals surface area contributed by atoms with Gasteiger partial charge in [-0.05, 0) is 49.7 Å². The maximum atomic E-state index is 4.51. The molecule has 5 nitrogen and oxygen atoms in total. The molecule has 1 aliphatic rings. The fourth-order valence-electron chi connectivity index (χ4n) is 3.02. The Kier molecular flexibility index (Phi) is 5.91. The summed E-state index contributed by atoms with van der Waals surface area (Å²) in [5.41, 5.74) is 3.31. The van der Waals surface area contributed by atoms with Crippen molar-refractivity contribution in [1.29, 1.82) is 0 Å². The van der Waals surface area contributed by atoms with E-state index in [1.807, 2.05) is 25.1 Å². The monoisotopic (exact) mass is 401 g/mol. The predicted octanol–water partition coefficient (Wildman–Crippen LogP) is 3.10. The highest BCUT2D eigenvalue weighted by Gasteiger charge is 2.23. The molecule has 2 N–H and O–H groups in total. The van der Waals surface area contributed by atoms with E-state index in [9.17, 15) is 0 Å². The van der Waals surface area contributed by atoms with Gasteiger partial charge in [0.15, 0.2) is 5.96 Å². The van der Waals surface area contributed by atoms with Crippen molar-refractivity contribution in [2.45, 2.75) is 25.9 Å². The summed E-state index contributed by atoms with van der Waals surface area (Å²) in [5, 5.41) is 6.88. The number of halogens is 1. The average molecular weight is 402 g/mol. The zero-order chi connectivity index (χ0) is 17.6. The first-order valence-electron chi connectivity index (χ1n) is 8.54. The van der Waals surface area contributed by atoms with Crippen LogP contribution in [0.25, 0.3) is 0 Å². The van der Waals surface area contributed by atoms with Crippen LogP contribution in [0.1, 0.15) is 17.8 Å². The second-order valence-corrected chi connectivity index (χ2v) is 7.16. The topological polar surface area (TPSA) is 52.6 Å². The Morgan fingerprint density at radius 1 is 1.28 bits per heavy atom. The molecule has 3 rings (SSSR count). The molecule has 0 saturated carbocycles. The Bertz CT molecular complexity index is 729. The van der Waals surface area contributed by atoms with Crippen LogP contribution in [-0.2, 0) is 6.54 Å². The molecular weight excluding hydrogens is 378 g/mol. The van der Waals surface area contributed by atoms with Gasteiger partial charge < -0.3 is 15.5 Å². The van der Waals surface area contributed by atoms with Gasteiger partial charge in [0.1, 0.15) is 0 Å². The van der Waals surface area contributed by atoms with E-state index in [2.05, 4.69) is 65.7 Å². The lowest BCUT2D eigenvalue weighted by molar-refractivity contribution is 0.647. The zero-order valence-electron chi connectivity index (χ0n) is 14.7. The standard InChI is InChI=1S/C19H24BrN5/c1-14-4-3-5-16(23-14)12-22-19(21-2)24-17-10-11-25(13-17)18-8-6-15(20)7-9-18/h3-9,17H,10-13H2,1-2H3,(H2,21,22,24). The normalized spacial score (nSPS) is 17.6. The summed E-state index contributed by atoms with van der Waals surface area (Å²) in [6.07, 6.45) is 1.10. The maximum Gasteiger partial charge on any atom is 0.191 e. The summed E-state index contributed by atoms with van der Waals surface area (Å²) < 4.78 is 1.11. The summed E-state index contributed by atoms with van der Waals surface area (Å²) >= 11 is 3.49. The van der Waals surface area contributed by atoms with Gasteiger partial charge in [-0.3, -0.25) is 9.98 Å². The highest BCUT2D eigenvalue weighted by atomic mass is 79.9. The van der Waals surface area contributed by atoms with E-state index in [1.54, 1.807) is 7.05 Å². The number of pyridine rings is 1. The van der Waals surface area contributed by atoms with Crippen LogP contribution in [0.15, 0.2) is 51.9 Å². The zero-order valence-corrected chi connectivity index (χ0v) is 16.3. The number of aryl methyl sites for hydroxylation is 1. The van der Waals surface area contributed by atoms with Crippen molar-refractivity contribution in [3.05, 3.63) is 58.3 Å². The van der Waals surface area contributed by atoms with Crippen molar-refractivity contribution in [2.75, 3.05) is 25.0 Å². The molecule has 6 heteroatoms. The third-order valence-corrected chi connectivity index (χ3v) is 4.86. The Balaban J connectivity index is 1.51. The molecule has 132 valence electrons. The van der Waals surface area contributed by atoms with Gasteiger partial charge in [-0.15, -0.1) is 0 Å². The molecular formula is C19H24BrN5. The maximum absolute atomic E-state index is 4.51. The minimum Gasteiger partial charge on any atom is -0.369 e. The second-order valence-electron chi connectivity index (χ2n) is 6.25.